The third-order valence-corrected chi connectivity index (χ3v) is 2.31. The summed E-state index contributed by atoms with van der Waals surface area (Å²) in [5, 5.41) is 2.62. The summed E-state index contributed by atoms with van der Waals surface area (Å²) in [7, 11) is -12.0. The van der Waals surface area contributed by atoms with Crippen LogP contribution >= 0.6 is 0 Å². The molecule has 3 rings (SSSR count). The van der Waals surface area contributed by atoms with Gasteiger partial charge in [-0.15, -0.1) is 0 Å². The molecule has 0 heterocycles. The molecule has 1 aliphatic carbocycles. The normalized spacial score (nSPS) is 11.8. The fraction of sp³-hybridized carbons (Fsp3) is 0.0667. The molecule has 1 aliphatic rings. The van der Waals surface area contributed by atoms with Crippen molar-refractivity contribution in [1.82, 2.24) is 0 Å². The topological polar surface area (TPSA) is 0 Å². The molecule has 144 valence electrons. The van der Waals surface area contributed by atoms with E-state index in [4.69, 9.17) is 0 Å². The average Bonchev–Trinajstić information content (AvgIpc) is 3.03. The molecule has 0 bridgehead atoms. The minimum absolute atomic E-state index is 0. The van der Waals surface area contributed by atoms with E-state index in [-0.39, 0.29) is 17.1 Å². The Morgan fingerprint density at radius 2 is 0.769 bits per heavy atom. The molecule has 0 fully saturated rings. The molecular weight excluding hydrogens is 410 g/mol. The van der Waals surface area contributed by atoms with E-state index in [1.165, 1.54) is 10.8 Å². The van der Waals surface area contributed by atoms with Crippen molar-refractivity contribution in [3.05, 3.63) is 72.8 Å². The van der Waals surface area contributed by atoms with E-state index < -0.39 is 14.5 Å². The van der Waals surface area contributed by atoms with Gasteiger partial charge in [-0.1, -0.05) is 72.8 Å². The van der Waals surface area contributed by atoms with Crippen molar-refractivity contribution in [3.63, 3.8) is 0 Å². The van der Waals surface area contributed by atoms with Crippen LogP contribution in [0.2, 0.25) is 0 Å². The van der Waals surface area contributed by atoms with Gasteiger partial charge in [0, 0.05) is 0 Å². The molecule has 0 atom stereocenters. The maximum Gasteiger partial charge on any atom is 2.00 e. The molecule has 0 spiro atoms. The molecule has 0 saturated carbocycles. The number of hydrogen-bond acceptors (Lipinski definition) is 0. The van der Waals surface area contributed by atoms with E-state index in [9.17, 15) is 34.5 Å². The van der Waals surface area contributed by atoms with Crippen LogP contribution in [0.3, 0.4) is 0 Å². The van der Waals surface area contributed by atoms with Gasteiger partial charge in [-0.05, 0) is 17.2 Å². The zero-order chi connectivity index (χ0) is 19.3. The molecule has 0 nitrogen and oxygen atoms in total. The van der Waals surface area contributed by atoms with E-state index in [0.717, 1.165) is 6.42 Å². The minimum atomic E-state index is -6.00. The predicted octanol–water partition coefficient (Wildman–Crippen LogP) is 6.94. The summed E-state index contributed by atoms with van der Waals surface area (Å²) in [6.45, 7) is 0. The first-order valence-corrected chi connectivity index (χ1v) is 6.97. The van der Waals surface area contributed by atoms with Gasteiger partial charge in [0.05, 0.1) is 0 Å². The number of rotatable bonds is 0. The van der Waals surface area contributed by atoms with Crippen molar-refractivity contribution in [1.29, 1.82) is 0 Å². The van der Waals surface area contributed by atoms with Crippen LogP contribution in [0.1, 0.15) is 6.42 Å². The standard InChI is InChI=1S/C10H8.C5H6.2BF4.Fe/c1-2-6-10-8-4-3-7-9(10)5-1;1-2-4-5-3-1;2*2-1(3,4)5;/h1-8H;1-4H,5H2;;;/q;;2*-1;+2. The predicted molar refractivity (Wildman–Crippen MR) is 87.2 cm³/mol. The van der Waals surface area contributed by atoms with Crippen LogP contribution in [-0.4, -0.2) is 14.5 Å². The smallest absolute Gasteiger partial charge is 0.418 e. The fourth-order valence-electron chi connectivity index (χ4n) is 1.53. The van der Waals surface area contributed by atoms with Crippen LogP contribution < -0.4 is 0 Å². The van der Waals surface area contributed by atoms with Crippen molar-refractivity contribution < 1.29 is 51.6 Å². The van der Waals surface area contributed by atoms with E-state index in [1.807, 2.05) is 0 Å². The van der Waals surface area contributed by atoms with Crippen molar-refractivity contribution in [2.75, 3.05) is 0 Å². The molecule has 0 radical (unpaired) electrons. The van der Waals surface area contributed by atoms with Gasteiger partial charge in [-0.2, -0.15) is 0 Å². The Morgan fingerprint density at radius 3 is 0.923 bits per heavy atom. The number of fused-ring (bicyclic) bond motifs is 1. The van der Waals surface area contributed by atoms with Crippen LogP contribution in [0, 0.1) is 0 Å². The summed E-state index contributed by atoms with van der Waals surface area (Å²) in [4.78, 5) is 0. The van der Waals surface area contributed by atoms with Gasteiger partial charge >= 0.3 is 31.6 Å². The van der Waals surface area contributed by atoms with E-state index in [0.29, 0.717) is 0 Å². The van der Waals surface area contributed by atoms with Crippen molar-refractivity contribution in [3.8, 4) is 0 Å². The van der Waals surface area contributed by atoms with Gasteiger partial charge < -0.3 is 34.5 Å². The zero-order valence-electron chi connectivity index (χ0n) is 13.2. The SMILES string of the molecule is C1=CCC=C1.F[B-](F)(F)F.F[B-](F)(F)F.[Fe+2].c1ccc2ccccc2c1. The van der Waals surface area contributed by atoms with Gasteiger partial charge in [0.15, 0.2) is 0 Å². The summed E-state index contributed by atoms with van der Waals surface area (Å²) in [6.07, 6.45) is 9.50. The molecule has 0 N–H and O–H groups in total. The molecule has 0 amide bonds. The maximum atomic E-state index is 9.75. The van der Waals surface area contributed by atoms with Crippen LogP contribution in [0.15, 0.2) is 72.8 Å². The van der Waals surface area contributed by atoms with Crippen LogP contribution in [0.5, 0.6) is 0 Å². The molecule has 26 heavy (non-hydrogen) atoms. The Labute approximate surface area is 156 Å². The fourth-order valence-corrected chi connectivity index (χ4v) is 1.53. The third kappa shape index (κ3) is 22.3. The average molecular weight is 424 g/mol. The summed E-state index contributed by atoms with van der Waals surface area (Å²) >= 11 is 0. The second kappa shape index (κ2) is 13.5. The zero-order valence-corrected chi connectivity index (χ0v) is 14.3. The monoisotopic (exact) mass is 424 g/mol. The first-order chi connectivity index (χ1) is 11.5. The molecule has 11 heteroatoms. The van der Waals surface area contributed by atoms with Crippen molar-refractivity contribution in [2.45, 2.75) is 6.42 Å². The second-order valence-electron chi connectivity index (χ2n) is 4.43. The summed E-state index contributed by atoms with van der Waals surface area (Å²) in [5.41, 5.74) is 0. The molecule has 0 unspecified atom stereocenters. The first kappa shape index (κ1) is 26.5. The number of halogens is 8. The van der Waals surface area contributed by atoms with E-state index >= 15 is 0 Å². The van der Waals surface area contributed by atoms with Crippen LogP contribution in [0.25, 0.3) is 10.8 Å². The number of benzene rings is 2. The number of allylic oxidation sites excluding steroid dienone is 4. The first-order valence-electron chi connectivity index (χ1n) is 6.97. The van der Waals surface area contributed by atoms with Gasteiger partial charge in [0.25, 0.3) is 0 Å². The van der Waals surface area contributed by atoms with Crippen LogP contribution in [0.4, 0.5) is 34.5 Å². The van der Waals surface area contributed by atoms with Gasteiger partial charge in [0.2, 0.25) is 0 Å². The number of hydrogen-bond donors (Lipinski definition) is 0. The Morgan fingerprint density at radius 1 is 0.538 bits per heavy atom. The molecule has 0 saturated heterocycles. The molecule has 2 aromatic rings. The Kier molecular flexibility index (Phi) is 13.7. The van der Waals surface area contributed by atoms with Crippen LogP contribution in [-0.2, 0) is 17.1 Å². The summed E-state index contributed by atoms with van der Waals surface area (Å²) in [6, 6.07) is 16.7. The third-order valence-electron chi connectivity index (χ3n) is 2.31. The quantitative estimate of drug-likeness (QED) is 0.318. The van der Waals surface area contributed by atoms with E-state index in [1.54, 1.807) is 0 Å². The summed E-state index contributed by atoms with van der Waals surface area (Å²) < 4.78 is 78.0. The Balaban J connectivity index is 0. The minimum Gasteiger partial charge on any atom is -0.418 e. The van der Waals surface area contributed by atoms with Gasteiger partial charge in [-0.3, -0.25) is 0 Å². The molecule has 0 aliphatic heterocycles. The van der Waals surface area contributed by atoms with Crippen molar-refractivity contribution >= 4 is 25.3 Å². The summed E-state index contributed by atoms with van der Waals surface area (Å²) in [5.74, 6) is 0. The second-order valence-corrected chi connectivity index (χ2v) is 4.43. The molecule has 0 aromatic heterocycles. The Bertz CT molecular complexity index is 569. The Hall–Kier alpha value is -1.73. The maximum absolute atomic E-state index is 9.75. The van der Waals surface area contributed by atoms with Gasteiger partial charge in [0.1, 0.15) is 0 Å². The van der Waals surface area contributed by atoms with Gasteiger partial charge in [-0.25, -0.2) is 0 Å². The molecule has 2 aromatic carbocycles. The molecular formula is C15H14B2F8Fe. The van der Waals surface area contributed by atoms with E-state index in [2.05, 4.69) is 72.8 Å². The largest absolute Gasteiger partial charge is 2.00 e. The van der Waals surface area contributed by atoms with Crippen molar-refractivity contribution in [2.24, 2.45) is 0 Å².